The fourth-order valence-electron chi connectivity index (χ4n) is 8.36. The predicted molar refractivity (Wildman–Crippen MR) is 215 cm³/mol. The summed E-state index contributed by atoms with van der Waals surface area (Å²) in [6.07, 6.45) is 0. The Balaban J connectivity index is 1.26. The van der Waals surface area contributed by atoms with E-state index in [9.17, 15) is 0 Å². The van der Waals surface area contributed by atoms with Crippen molar-refractivity contribution >= 4 is 87.2 Å². The second-order valence-electron chi connectivity index (χ2n) is 13.5. The lowest BCUT2D eigenvalue weighted by Gasteiger charge is -2.13. The molecule has 0 bridgehead atoms. The highest BCUT2D eigenvalue weighted by Crippen LogP contribution is 2.46. The number of furan rings is 2. The number of benzene rings is 8. The molecule has 0 aliphatic heterocycles. The maximum Gasteiger partial charge on any atom is 0.238 e. The molecule has 0 radical (unpaired) electrons. The summed E-state index contributed by atoms with van der Waals surface area (Å²) < 4.78 is 15.0. The molecule has 246 valence electrons. The molecule has 6 nitrogen and oxygen atoms in total. The van der Waals surface area contributed by atoms with E-state index in [1.807, 2.05) is 66.7 Å². The fourth-order valence-corrected chi connectivity index (χ4v) is 8.36. The third kappa shape index (κ3) is 4.00. The monoisotopic (exact) mass is 678 g/mol. The van der Waals surface area contributed by atoms with Crippen LogP contribution in [0.3, 0.4) is 0 Å². The molecule has 0 fully saturated rings. The zero-order chi connectivity index (χ0) is 34.6. The number of nitrogens with zero attached hydrogens (tertiary/aromatic N) is 4. The van der Waals surface area contributed by atoms with E-state index in [2.05, 4.69) is 95.6 Å². The normalized spacial score (nSPS) is 12.2. The molecule has 0 N–H and O–H groups in total. The van der Waals surface area contributed by atoms with Gasteiger partial charge in [0.25, 0.3) is 0 Å². The molecule has 8 aromatic carbocycles. The summed E-state index contributed by atoms with van der Waals surface area (Å²) >= 11 is 0. The zero-order valence-corrected chi connectivity index (χ0v) is 28.1. The van der Waals surface area contributed by atoms with Gasteiger partial charge in [0, 0.05) is 48.8 Å². The Morgan fingerprint density at radius 1 is 0.358 bits per heavy atom. The first-order valence-corrected chi connectivity index (χ1v) is 17.7. The summed E-state index contributed by atoms with van der Waals surface area (Å²) in [4.78, 5) is 15.7. The van der Waals surface area contributed by atoms with Crippen molar-refractivity contribution in [2.24, 2.45) is 0 Å². The molecule has 6 heteroatoms. The Kier molecular flexibility index (Phi) is 5.68. The topological polar surface area (TPSA) is 69.9 Å². The van der Waals surface area contributed by atoms with E-state index in [1.54, 1.807) is 0 Å². The van der Waals surface area contributed by atoms with Crippen molar-refractivity contribution in [2.75, 3.05) is 0 Å². The SMILES string of the molecule is c1ccc(-c2nc(-c3ccc4c(c3)oc3ccccc34)nc(-n3c4ccc5oc6ccccc6c5c4c4c5ccccc5c5ccccc5c43)n2)cc1. The van der Waals surface area contributed by atoms with Crippen LogP contribution in [0.4, 0.5) is 0 Å². The van der Waals surface area contributed by atoms with Crippen LogP contribution >= 0.6 is 0 Å². The van der Waals surface area contributed by atoms with E-state index < -0.39 is 0 Å². The second kappa shape index (κ2) is 10.6. The molecule has 12 rings (SSSR count). The quantitative estimate of drug-likeness (QED) is 0.174. The van der Waals surface area contributed by atoms with Gasteiger partial charge in [-0.25, -0.2) is 4.98 Å². The average Bonchev–Trinajstić information content (AvgIpc) is 3.90. The Morgan fingerprint density at radius 3 is 1.74 bits per heavy atom. The summed E-state index contributed by atoms with van der Waals surface area (Å²) in [5, 5.41) is 11.2. The third-order valence-corrected chi connectivity index (χ3v) is 10.6. The van der Waals surface area contributed by atoms with E-state index in [1.165, 1.54) is 10.8 Å². The van der Waals surface area contributed by atoms with Gasteiger partial charge in [-0.1, -0.05) is 121 Å². The second-order valence-corrected chi connectivity index (χ2v) is 13.5. The number of fused-ring (bicyclic) bond motifs is 15. The van der Waals surface area contributed by atoms with Crippen LogP contribution < -0.4 is 0 Å². The van der Waals surface area contributed by atoms with Crippen molar-refractivity contribution < 1.29 is 8.83 Å². The van der Waals surface area contributed by atoms with Crippen LogP contribution in [0.1, 0.15) is 0 Å². The maximum atomic E-state index is 6.48. The van der Waals surface area contributed by atoms with Gasteiger partial charge in [0.05, 0.1) is 11.0 Å². The molecule has 0 amide bonds. The van der Waals surface area contributed by atoms with Gasteiger partial charge in [0.1, 0.15) is 22.3 Å². The van der Waals surface area contributed by atoms with Gasteiger partial charge in [-0.3, -0.25) is 4.57 Å². The highest BCUT2D eigenvalue weighted by atomic mass is 16.3. The van der Waals surface area contributed by atoms with Crippen LogP contribution in [0.25, 0.3) is 116 Å². The summed E-state index contributed by atoms with van der Waals surface area (Å²) in [6.45, 7) is 0. The molecule has 0 atom stereocenters. The Hall–Kier alpha value is -7.31. The molecule has 12 aromatic rings. The molecule has 0 spiro atoms. The van der Waals surface area contributed by atoms with E-state index >= 15 is 0 Å². The Labute approximate surface area is 301 Å². The number of hydrogen-bond acceptors (Lipinski definition) is 5. The maximum absolute atomic E-state index is 6.48. The smallest absolute Gasteiger partial charge is 0.238 e. The largest absolute Gasteiger partial charge is 0.456 e. The van der Waals surface area contributed by atoms with Crippen molar-refractivity contribution in [3.8, 4) is 28.7 Å². The van der Waals surface area contributed by atoms with Crippen molar-refractivity contribution in [1.29, 1.82) is 0 Å². The van der Waals surface area contributed by atoms with Gasteiger partial charge in [-0.05, 0) is 52.6 Å². The summed E-state index contributed by atoms with van der Waals surface area (Å²) in [7, 11) is 0. The molecule has 0 saturated carbocycles. The van der Waals surface area contributed by atoms with E-state index in [-0.39, 0.29) is 0 Å². The minimum atomic E-state index is 0.533. The van der Waals surface area contributed by atoms with Crippen molar-refractivity contribution in [3.05, 3.63) is 158 Å². The lowest BCUT2D eigenvalue weighted by atomic mass is 9.95. The standard InChI is InChI=1S/C47H26N4O2/c1-2-12-27(13-3-1)45-48-46(28-22-23-32-31-16-8-10-20-37(31)53-40(32)26-28)50-47(49-45)51-36-24-25-39-41(35-19-9-11-21-38(35)52-39)43(36)42-33-17-6-4-14-29(33)30-15-5-7-18-34(30)44(42)51/h1-26H. The van der Waals surface area contributed by atoms with Crippen LogP contribution in [0, 0.1) is 0 Å². The van der Waals surface area contributed by atoms with Crippen LogP contribution in [-0.2, 0) is 0 Å². The highest BCUT2D eigenvalue weighted by Gasteiger charge is 2.25. The van der Waals surface area contributed by atoms with E-state index in [0.29, 0.717) is 17.6 Å². The van der Waals surface area contributed by atoms with Crippen molar-refractivity contribution in [3.63, 3.8) is 0 Å². The van der Waals surface area contributed by atoms with E-state index in [4.69, 9.17) is 23.8 Å². The molecule has 0 aliphatic carbocycles. The summed E-state index contributed by atoms with van der Waals surface area (Å²) in [6, 6.07) is 54.3. The third-order valence-electron chi connectivity index (χ3n) is 10.6. The van der Waals surface area contributed by atoms with Crippen LogP contribution in [0.15, 0.2) is 167 Å². The zero-order valence-electron chi connectivity index (χ0n) is 28.1. The minimum absolute atomic E-state index is 0.533. The minimum Gasteiger partial charge on any atom is -0.456 e. The van der Waals surface area contributed by atoms with Gasteiger partial charge in [-0.2, -0.15) is 9.97 Å². The predicted octanol–water partition coefficient (Wildman–Crippen LogP) is 12.4. The van der Waals surface area contributed by atoms with Gasteiger partial charge in [0.2, 0.25) is 5.95 Å². The number of rotatable bonds is 3. The summed E-state index contributed by atoms with van der Waals surface area (Å²) in [5.74, 6) is 1.68. The van der Waals surface area contributed by atoms with Gasteiger partial charge in [0.15, 0.2) is 11.6 Å². The summed E-state index contributed by atoms with van der Waals surface area (Å²) in [5.41, 5.74) is 7.11. The molecular weight excluding hydrogens is 653 g/mol. The first-order valence-electron chi connectivity index (χ1n) is 17.7. The molecule has 0 unspecified atom stereocenters. The number of aromatic nitrogens is 4. The molecular formula is C47H26N4O2. The van der Waals surface area contributed by atoms with Crippen LogP contribution in [-0.4, -0.2) is 19.5 Å². The fraction of sp³-hybridized carbons (Fsp3) is 0. The van der Waals surface area contributed by atoms with Gasteiger partial charge in [-0.15, -0.1) is 0 Å². The molecule has 4 aromatic heterocycles. The van der Waals surface area contributed by atoms with Crippen LogP contribution in [0.2, 0.25) is 0 Å². The number of para-hydroxylation sites is 2. The molecule has 0 saturated heterocycles. The Bertz CT molecular complexity index is 3460. The molecule has 4 heterocycles. The lowest BCUT2D eigenvalue weighted by Crippen LogP contribution is -2.06. The first kappa shape index (κ1) is 28.4. The van der Waals surface area contributed by atoms with E-state index in [0.717, 1.165) is 87.6 Å². The average molecular weight is 679 g/mol. The van der Waals surface area contributed by atoms with Gasteiger partial charge >= 0.3 is 0 Å². The Morgan fingerprint density at radius 2 is 0.943 bits per heavy atom. The lowest BCUT2D eigenvalue weighted by molar-refractivity contribution is 0.668. The van der Waals surface area contributed by atoms with Crippen LogP contribution in [0.5, 0.6) is 0 Å². The molecule has 53 heavy (non-hydrogen) atoms. The van der Waals surface area contributed by atoms with Crippen molar-refractivity contribution in [2.45, 2.75) is 0 Å². The van der Waals surface area contributed by atoms with Crippen molar-refractivity contribution in [1.82, 2.24) is 19.5 Å². The highest BCUT2D eigenvalue weighted by molar-refractivity contribution is 6.37. The van der Waals surface area contributed by atoms with Gasteiger partial charge < -0.3 is 8.83 Å². The number of hydrogen-bond donors (Lipinski definition) is 0. The molecule has 0 aliphatic rings. The first-order chi connectivity index (χ1) is 26.3.